The summed E-state index contributed by atoms with van der Waals surface area (Å²) in [5, 5.41) is 23.1. The number of allylic oxidation sites excluding steroid dienone is 1. The van der Waals surface area contributed by atoms with Crippen LogP contribution in [0.4, 0.5) is 0 Å². The highest BCUT2D eigenvalue weighted by Gasteiger charge is 2.18. The fourth-order valence-corrected chi connectivity index (χ4v) is 8.40. The largest absolute Gasteiger partial charge is 0.466 e. The Kier molecular flexibility index (Phi) is 49.1. The van der Waals surface area contributed by atoms with Crippen LogP contribution in [0.1, 0.15) is 296 Å². The lowest BCUT2D eigenvalue weighted by Gasteiger charge is -2.20. The van der Waals surface area contributed by atoms with Crippen LogP contribution in [0.5, 0.6) is 0 Å². The van der Waals surface area contributed by atoms with Gasteiger partial charge in [0.2, 0.25) is 5.91 Å². The number of esters is 1. The second-order valence-electron chi connectivity index (χ2n) is 18.6. The summed E-state index contributed by atoms with van der Waals surface area (Å²) in [6, 6.07) is -0.636. The molecule has 2 unspecified atom stereocenters. The standard InChI is InChI=1S/C54H105NO5/c1-3-5-7-9-11-13-15-17-19-22-26-30-34-38-42-46-52(57)51(50-56)55-53(58)47-43-39-35-31-27-23-21-25-29-33-37-41-45-49-60-54(59)48-44-40-36-32-28-24-20-18-16-14-12-10-8-6-4-2/h42,46,51-52,56-57H,3-41,43-45,47-50H2,1-2H3,(H,55,58)/b46-42+. The van der Waals surface area contributed by atoms with Crippen LogP contribution in [-0.2, 0) is 14.3 Å². The highest BCUT2D eigenvalue weighted by molar-refractivity contribution is 5.76. The molecule has 6 nitrogen and oxygen atoms in total. The van der Waals surface area contributed by atoms with Gasteiger partial charge in [-0.1, -0.05) is 264 Å². The SMILES string of the molecule is CCCCCCCCCCCCCCC/C=C/C(O)C(CO)NC(=O)CCCCCCCCCCCCCCCOC(=O)CCCCCCCCCCCCCCCCC. The van der Waals surface area contributed by atoms with Gasteiger partial charge in [-0.2, -0.15) is 0 Å². The summed E-state index contributed by atoms with van der Waals surface area (Å²) >= 11 is 0. The highest BCUT2D eigenvalue weighted by Crippen LogP contribution is 2.17. The van der Waals surface area contributed by atoms with Crippen LogP contribution >= 0.6 is 0 Å². The quantitative estimate of drug-likeness (QED) is 0.0322. The molecule has 0 aliphatic rings. The molecule has 0 heterocycles. The van der Waals surface area contributed by atoms with Gasteiger partial charge in [0, 0.05) is 12.8 Å². The van der Waals surface area contributed by atoms with Crippen LogP contribution in [0, 0.1) is 0 Å². The topological polar surface area (TPSA) is 95.9 Å². The molecule has 0 bridgehead atoms. The zero-order valence-electron chi connectivity index (χ0n) is 40.5. The van der Waals surface area contributed by atoms with Gasteiger partial charge in [0.05, 0.1) is 25.4 Å². The number of unbranched alkanes of at least 4 members (excludes halogenated alkanes) is 39. The molecule has 0 saturated carbocycles. The summed E-state index contributed by atoms with van der Waals surface area (Å²) in [6.07, 6.45) is 57.8. The molecule has 0 fully saturated rings. The van der Waals surface area contributed by atoms with Gasteiger partial charge in [0.1, 0.15) is 0 Å². The monoisotopic (exact) mass is 848 g/mol. The minimum absolute atomic E-state index is 0.00368. The first-order valence-corrected chi connectivity index (χ1v) is 27.0. The Hall–Kier alpha value is -1.40. The van der Waals surface area contributed by atoms with E-state index in [2.05, 4.69) is 19.2 Å². The second kappa shape index (κ2) is 50.2. The predicted octanol–water partition coefficient (Wildman–Crippen LogP) is 16.1. The van der Waals surface area contributed by atoms with E-state index in [9.17, 15) is 19.8 Å². The van der Waals surface area contributed by atoms with E-state index in [0.717, 1.165) is 57.8 Å². The van der Waals surface area contributed by atoms with E-state index in [1.165, 1.54) is 212 Å². The molecule has 0 aromatic heterocycles. The lowest BCUT2D eigenvalue weighted by Crippen LogP contribution is -2.45. The number of hydrogen-bond acceptors (Lipinski definition) is 5. The summed E-state index contributed by atoms with van der Waals surface area (Å²) in [7, 11) is 0. The maximum absolute atomic E-state index is 12.4. The molecular formula is C54H105NO5. The Labute approximate surface area is 374 Å². The van der Waals surface area contributed by atoms with Crippen LogP contribution in [0.2, 0.25) is 0 Å². The van der Waals surface area contributed by atoms with Gasteiger partial charge < -0.3 is 20.3 Å². The molecule has 356 valence electrons. The first-order valence-electron chi connectivity index (χ1n) is 27.0. The number of aliphatic hydroxyl groups excluding tert-OH is 2. The fraction of sp³-hybridized carbons (Fsp3) is 0.926. The fourth-order valence-electron chi connectivity index (χ4n) is 8.40. The van der Waals surface area contributed by atoms with Gasteiger partial charge in [-0.05, 0) is 32.1 Å². The van der Waals surface area contributed by atoms with E-state index in [4.69, 9.17) is 4.74 Å². The van der Waals surface area contributed by atoms with Gasteiger partial charge in [-0.15, -0.1) is 0 Å². The molecule has 1 amide bonds. The third-order valence-corrected chi connectivity index (χ3v) is 12.6. The molecular weight excluding hydrogens is 743 g/mol. The lowest BCUT2D eigenvalue weighted by molar-refractivity contribution is -0.143. The summed E-state index contributed by atoms with van der Waals surface area (Å²) in [5.41, 5.74) is 0. The number of nitrogens with one attached hydrogen (secondary N) is 1. The van der Waals surface area contributed by atoms with Crippen LogP contribution in [0.15, 0.2) is 12.2 Å². The number of carbonyl (C=O) groups excluding carboxylic acids is 2. The van der Waals surface area contributed by atoms with Crippen molar-refractivity contribution in [2.75, 3.05) is 13.2 Å². The van der Waals surface area contributed by atoms with E-state index in [-0.39, 0.29) is 18.5 Å². The molecule has 0 aliphatic heterocycles. The van der Waals surface area contributed by atoms with Crippen molar-refractivity contribution < 1.29 is 24.5 Å². The number of ether oxygens (including phenoxy) is 1. The smallest absolute Gasteiger partial charge is 0.305 e. The molecule has 6 heteroatoms. The number of rotatable bonds is 50. The van der Waals surface area contributed by atoms with Crippen molar-refractivity contribution in [3.63, 3.8) is 0 Å². The molecule has 0 radical (unpaired) electrons. The van der Waals surface area contributed by atoms with E-state index < -0.39 is 12.1 Å². The van der Waals surface area contributed by atoms with Crippen molar-refractivity contribution in [2.24, 2.45) is 0 Å². The van der Waals surface area contributed by atoms with E-state index in [1.54, 1.807) is 6.08 Å². The van der Waals surface area contributed by atoms with Crippen molar-refractivity contribution in [3.05, 3.63) is 12.2 Å². The van der Waals surface area contributed by atoms with E-state index in [1.807, 2.05) is 6.08 Å². The van der Waals surface area contributed by atoms with E-state index in [0.29, 0.717) is 19.4 Å². The first kappa shape index (κ1) is 58.6. The van der Waals surface area contributed by atoms with E-state index >= 15 is 0 Å². The Morgan fingerprint density at radius 2 is 0.767 bits per heavy atom. The number of carbonyl (C=O) groups is 2. The Balaban J connectivity index is 3.46. The van der Waals surface area contributed by atoms with Gasteiger partial charge >= 0.3 is 5.97 Å². The Morgan fingerprint density at radius 1 is 0.450 bits per heavy atom. The predicted molar refractivity (Wildman–Crippen MR) is 260 cm³/mol. The maximum atomic E-state index is 12.4. The van der Waals surface area contributed by atoms with Crippen LogP contribution in [-0.4, -0.2) is 47.4 Å². The molecule has 2 atom stereocenters. The molecule has 0 rings (SSSR count). The third-order valence-electron chi connectivity index (χ3n) is 12.6. The normalized spacial score (nSPS) is 12.7. The first-order chi connectivity index (χ1) is 29.5. The molecule has 0 aromatic rings. The molecule has 0 aliphatic carbocycles. The molecule has 0 aromatic carbocycles. The van der Waals surface area contributed by atoms with Crippen molar-refractivity contribution in [1.29, 1.82) is 0 Å². The van der Waals surface area contributed by atoms with Crippen molar-refractivity contribution >= 4 is 11.9 Å². The van der Waals surface area contributed by atoms with Gasteiger partial charge in [0.15, 0.2) is 0 Å². The number of aliphatic hydroxyl groups is 2. The zero-order chi connectivity index (χ0) is 43.7. The molecule has 0 saturated heterocycles. The van der Waals surface area contributed by atoms with Crippen LogP contribution in [0.3, 0.4) is 0 Å². The van der Waals surface area contributed by atoms with Gasteiger partial charge in [-0.25, -0.2) is 0 Å². The Bertz CT molecular complexity index is 893. The number of hydrogen-bond donors (Lipinski definition) is 3. The van der Waals surface area contributed by atoms with Crippen LogP contribution < -0.4 is 5.32 Å². The van der Waals surface area contributed by atoms with Crippen molar-refractivity contribution in [2.45, 2.75) is 309 Å². The third kappa shape index (κ3) is 46.1. The summed E-state index contributed by atoms with van der Waals surface area (Å²) in [6.45, 7) is 4.89. The molecule has 3 N–H and O–H groups in total. The number of amides is 1. The summed E-state index contributed by atoms with van der Waals surface area (Å²) < 4.78 is 5.47. The minimum atomic E-state index is -0.851. The lowest BCUT2D eigenvalue weighted by atomic mass is 10.0. The summed E-state index contributed by atoms with van der Waals surface area (Å²) in [5.74, 6) is -0.0828. The average molecular weight is 848 g/mol. The highest BCUT2D eigenvalue weighted by atomic mass is 16.5. The Morgan fingerprint density at radius 3 is 1.13 bits per heavy atom. The summed E-state index contributed by atoms with van der Waals surface area (Å²) in [4.78, 5) is 24.5. The second-order valence-corrected chi connectivity index (χ2v) is 18.6. The molecule has 60 heavy (non-hydrogen) atoms. The molecule has 0 spiro atoms. The van der Waals surface area contributed by atoms with Gasteiger partial charge in [-0.3, -0.25) is 9.59 Å². The zero-order valence-corrected chi connectivity index (χ0v) is 40.5. The van der Waals surface area contributed by atoms with Crippen LogP contribution in [0.25, 0.3) is 0 Å². The van der Waals surface area contributed by atoms with Crippen molar-refractivity contribution in [3.8, 4) is 0 Å². The average Bonchev–Trinajstić information content (AvgIpc) is 3.25. The minimum Gasteiger partial charge on any atom is -0.466 e. The maximum Gasteiger partial charge on any atom is 0.305 e. The van der Waals surface area contributed by atoms with Crippen molar-refractivity contribution in [1.82, 2.24) is 5.32 Å². The van der Waals surface area contributed by atoms with Gasteiger partial charge in [0.25, 0.3) is 0 Å².